The molecule has 1 saturated heterocycles. The monoisotopic (exact) mass is 294 g/mol. The van der Waals surface area contributed by atoms with E-state index in [1.54, 1.807) is 6.07 Å². The van der Waals surface area contributed by atoms with Crippen LogP contribution in [0, 0.1) is 11.7 Å². The molecule has 2 rings (SSSR count). The fourth-order valence-corrected chi connectivity index (χ4v) is 2.96. The van der Waals surface area contributed by atoms with E-state index in [0.29, 0.717) is 18.0 Å². The highest BCUT2D eigenvalue weighted by Gasteiger charge is 2.27. The molecule has 2 N–H and O–H groups in total. The normalized spacial score (nSPS) is 24.1. The van der Waals surface area contributed by atoms with Gasteiger partial charge in [0.05, 0.1) is 6.10 Å². The lowest BCUT2D eigenvalue weighted by Crippen LogP contribution is -2.43. The van der Waals surface area contributed by atoms with Crippen molar-refractivity contribution in [2.45, 2.75) is 45.8 Å². The first-order valence-corrected chi connectivity index (χ1v) is 7.99. The quantitative estimate of drug-likeness (QED) is 0.876. The molecule has 1 heterocycles. The van der Waals surface area contributed by atoms with Gasteiger partial charge in [-0.15, -0.1) is 0 Å². The highest BCUT2D eigenvalue weighted by atomic mass is 19.1. The molecule has 21 heavy (non-hydrogen) atoms. The van der Waals surface area contributed by atoms with Crippen LogP contribution >= 0.6 is 0 Å². The van der Waals surface area contributed by atoms with Crippen LogP contribution in [0.5, 0.6) is 0 Å². The van der Waals surface area contributed by atoms with E-state index in [4.69, 9.17) is 0 Å². The van der Waals surface area contributed by atoms with Gasteiger partial charge in [0.1, 0.15) is 5.82 Å². The molecule has 118 valence electrons. The maximum atomic E-state index is 14.3. The Bertz CT molecular complexity index is 466. The Hall–Kier alpha value is -1.13. The van der Waals surface area contributed by atoms with E-state index in [0.717, 1.165) is 31.6 Å². The van der Waals surface area contributed by atoms with Gasteiger partial charge in [-0.3, -0.25) is 0 Å². The number of rotatable bonds is 5. The number of nitrogens with one attached hydrogen (secondary N) is 1. The van der Waals surface area contributed by atoms with Gasteiger partial charge in [0.25, 0.3) is 0 Å². The average molecular weight is 294 g/mol. The second kappa shape index (κ2) is 7.23. The van der Waals surface area contributed by atoms with Crippen molar-refractivity contribution in [3.63, 3.8) is 0 Å². The fourth-order valence-electron chi connectivity index (χ4n) is 2.96. The summed E-state index contributed by atoms with van der Waals surface area (Å²) in [6.07, 6.45) is 1.62. The molecule has 0 aromatic heterocycles. The Balaban J connectivity index is 2.25. The van der Waals surface area contributed by atoms with Crippen LogP contribution in [0.2, 0.25) is 0 Å². The smallest absolute Gasteiger partial charge is 0.130 e. The van der Waals surface area contributed by atoms with Gasteiger partial charge in [0.2, 0.25) is 0 Å². The first-order chi connectivity index (χ1) is 10.0. The number of hydrogen-bond acceptors (Lipinski definition) is 3. The second-order valence-corrected chi connectivity index (χ2v) is 6.13. The van der Waals surface area contributed by atoms with Crippen molar-refractivity contribution in [3.8, 4) is 0 Å². The Kier molecular flexibility index (Phi) is 5.59. The second-order valence-electron chi connectivity index (χ2n) is 6.13. The third-order valence-corrected chi connectivity index (χ3v) is 4.42. The molecule has 1 aromatic rings. The summed E-state index contributed by atoms with van der Waals surface area (Å²) in [7, 11) is 0. The lowest BCUT2D eigenvalue weighted by molar-refractivity contribution is 0.103. The predicted octanol–water partition coefficient (Wildman–Crippen LogP) is 3.09. The third kappa shape index (κ3) is 3.74. The number of nitrogens with zero attached hydrogens (tertiary/aromatic N) is 1. The molecule has 3 nitrogen and oxygen atoms in total. The first kappa shape index (κ1) is 16.2. The summed E-state index contributed by atoms with van der Waals surface area (Å²) in [6.45, 7) is 8.49. The number of halogens is 1. The summed E-state index contributed by atoms with van der Waals surface area (Å²) in [5, 5.41) is 13.5. The largest absolute Gasteiger partial charge is 0.391 e. The number of hydrogen-bond donors (Lipinski definition) is 2. The van der Waals surface area contributed by atoms with Crippen molar-refractivity contribution in [3.05, 3.63) is 29.6 Å². The van der Waals surface area contributed by atoms with Gasteiger partial charge in [0, 0.05) is 30.4 Å². The van der Waals surface area contributed by atoms with Crippen LogP contribution in [-0.4, -0.2) is 30.8 Å². The summed E-state index contributed by atoms with van der Waals surface area (Å²) in [4.78, 5) is 2.12. The molecule has 1 aromatic carbocycles. The average Bonchev–Trinajstić information content (AvgIpc) is 2.47. The molecule has 0 bridgehead atoms. The minimum Gasteiger partial charge on any atom is -0.391 e. The zero-order valence-electron chi connectivity index (χ0n) is 13.3. The number of piperidine rings is 1. The lowest BCUT2D eigenvalue weighted by atomic mass is 9.94. The predicted molar refractivity (Wildman–Crippen MR) is 85.1 cm³/mol. The highest BCUT2D eigenvalue weighted by Crippen LogP contribution is 2.32. The Labute approximate surface area is 127 Å². The SMILES string of the molecule is CCCNC(C)c1c(F)cccc1N1CCC(C)C(O)C1. The van der Waals surface area contributed by atoms with Gasteiger partial charge in [-0.1, -0.05) is 19.9 Å². The highest BCUT2D eigenvalue weighted by molar-refractivity contribution is 5.56. The number of benzene rings is 1. The maximum absolute atomic E-state index is 14.3. The van der Waals surface area contributed by atoms with E-state index in [-0.39, 0.29) is 18.0 Å². The van der Waals surface area contributed by atoms with Crippen LogP contribution in [0.25, 0.3) is 0 Å². The maximum Gasteiger partial charge on any atom is 0.130 e. The van der Waals surface area contributed by atoms with Crippen molar-refractivity contribution >= 4 is 5.69 Å². The lowest BCUT2D eigenvalue weighted by Gasteiger charge is -2.37. The zero-order chi connectivity index (χ0) is 15.4. The first-order valence-electron chi connectivity index (χ1n) is 7.99. The molecule has 3 unspecified atom stereocenters. The van der Waals surface area contributed by atoms with E-state index < -0.39 is 0 Å². The molecule has 0 spiro atoms. The molecule has 1 aliphatic rings. The fraction of sp³-hybridized carbons (Fsp3) is 0.647. The van der Waals surface area contributed by atoms with E-state index in [1.807, 2.05) is 13.0 Å². The summed E-state index contributed by atoms with van der Waals surface area (Å²) < 4.78 is 14.3. The summed E-state index contributed by atoms with van der Waals surface area (Å²) in [6, 6.07) is 5.21. The number of β-amino-alcohol motifs (C(OH)–C–C–N with tert-alkyl or cyclic N) is 1. The molecule has 3 atom stereocenters. The van der Waals surface area contributed by atoms with Gasteiger partial charge in [0.15, 0.2) is 0 Å². The zero-order valence-corrected chi connectivity index (χ0v) is 13.3. The van der Waals surface area contributed by atoms with Crippen LogP contribution in [-0.2, 0) is 0 Å². The minimum absolute atomic E-state index is 0.0300. The van der Waals surface area contributed by atoms with Crippen molar-refractivity contribution in [2.24, 2.45) is 5.92 Å². The number of aliphatic hydroxyl groups excluding tert-OH is 1. The van der Waals surface area contributed by atoms with Gasteiger partial charge < -0.3 is 15.3 Å². The number of anilines is 1. The van der Waals surface area contributed by atoms with Crippen molar-refractivity contribution in [1.29, 1.82) is 0 Å². The Morgan fingerprint density at radius 2 is 2.24 bits per heavy atom. The standard InChI is InChI=1S/C17H27FN2O/c1-4-9-19-13(3)17-14(18)6-5-7-15(17)20-10-8-12(2)16(21)11-20/h5-7,12-13,16,19,21H,4,8-11H2,1-3H3. The van der Waals surface area contributed by atoms with Gasteiger partial charge in [-0.25, -0.2) is 4.39 Å². The molecular formula is C17H27FN2O. The van der Waals surface area contributed by atoms with Crippen LogP contribution in [0.4, 0.5) is 10.1 Å². The molecular weight excluding hydrogens is 267 g/mol. The van der Waals surface area contributed by atoms with Gasteiger partial charge >= 0.3 is 0 Å². The van der Waals surface area contributed by atoms with Crippen LogP contribution < -0.4 is 10.2 Å². The van der Waals surface area contributed by atoms with Gasteiger partial charge in [-0.2, -0.15) is 0 Å². The van der Waals surface area contributed by atoms with E-state index in [2.05, 4.69) is 24.1 Å². The Morgan fingerprint density at radius 3 is 2.90 bits per heavy atom. The summed E-state index contributed by atoms with van der Waals surface area (Å²) in [5.41, 5.74) is 1.63. The molecule has 4 heteroatoms. The minimum atomic E-state index is -0.339. The van der Waals surface area contributed by atoms with Crippen molar-refractivity contribution in [1.82, 2.24) is 5.32 Å². The van der Waals surface area contributed by atoms with E-state index in [1.165, 1.54) is 6.07 Å². The van der Waals surface area contributed by atoms with Crippen LogP contribution in [0.3, 0.4) is 0 Å². The van der Waals surface area contributed by atoms with E-state index >= 15 is 0 Å². The van der Waals surface area contributed by atoms with E-state index in [9.17, 15) is 9.50 Å². The third-order valence-electron chi connectivity index (χ3n) is 4.42. The van der Waals surface area contributed by atoms with Crippen molar-refractivity contribution < 1.29 is 9.50 Å². The Morgan fingerprint density at radius 1 is 1.48 bits per heavy atom. The molecule has 0 aliphatic carbocycles. The summed E-state index contributed by atoms with van der Waals surface area (Å²) in [5.74, 6) is 0.144. The molecule has 0 radical (unpaired) electrons. The topological polar surface area (TPSA) is 35.5 Å². The van der Waals surface area contributed by atoms with Crippen molar-refractivity contribution in [2.75, 3.05) is 24.5 Å². The molecule has 0 amide bonds. The molecule has 0 saturated carbocycles. The van der Waals surface area contributed by atoms with Gasteiger partial charge in [-0.05, 0) is 44.4 Å². The van der Waals surface area contributed by atoms with Crippen LogP contribution in [0.1, 0.15) is 45.2 Å². The number of aliphatic hydroxyl groups is 1. The molecule has 1 fully saturated rings. The summed E-state index contributed by atoms with van der Waals surface area (Å²) >= 11 is 0. The van der Waals surface area contributed by atoms with Crippen LogP contribution in [0.15, 0.2) is 18.2 Å². The molecule has 1 aliphatic heterocycles.